The van der Waals surface area contributed by atoms with Crippen molar-refractivity contribution in [3.63, 3.8) is 0 Å². The number of ether oxygens (including phenoxy) is 2. The Kier molecular flexibility index (Phi) is 6.25. The maximum Gasteiger partial charge on any atom is 0.271 e. The molecule has 0 radical (unpaired) electrons. The van der Waals surface area contributed by atoms with Crippen molar-refractivity contribution in [1.29, 1.82) is 0 Å². The average Bonchev–Trinajstić information content (AvgIpc) is 3.45. The molecule has 0 spiro atoms. The first-order valence-corrected chi connectivity index (χ1v) is 13.1. The lowest BCUT2D eigenvalue weighted by molar-refractivity contribution is -0.134. The molecule has 7 nitrogen and oxygen atoms in total. The Morgan fingerprint density at radius 2 is 2.00 bits per heavy atom. The van der Waals surface area contributed by atoms with Crippen molar-refractivity contribution in [2.45, 2.75) is 64.2 Å². The molecule has 1 aliphatic heterocycles. The summed E-state index contributed by atoms with van der Waals surface area (Å²) < 4.78 is 14.2. The van der Waals surface area contributed by atoms with E-state index in [-0.39, 0.29) is 24.4 Å². The summed E-state index contributed by atoms with van der Waals surface area (Å²) >= 11 is 1.61. The number of hydrogen-bond donors (Lipinski definition) is 1. The third kappa shape index (κ3) is 3.97. The van der Waals surface area contributed by atoms with Gasteiger partial charge in [-0.3, -0.25) is 9.59 Å². The third-order valence-electron chi connectivity index (χ3n) is 7.78. The second-order valence-electron chi connectivity index (χ2n) is 9.95. The number of nitrogens with one attached hydrogen (secondary N) is 1. The molecule has 3 atom stereocenters. The lowest BCUT2D eigenvalue weighted by Crippen LogP contribution is -2.65. The van der Waals surface area contributed by atoms with Crippen molar-refractivity contribution in [1.82, 2.24) is 14.8 Å². The first-order valence-electron chi connectivity index (χ1n) is 12.3. The minimum absolute atomic E-state index is 0.103. The number of amides is 2. The Labute approximate surface area is 210 Å². The molecule has 8 heteroatoms. The van der Waals surface area contributed by atoms with E-state index in [4.69, 9.17) is 9.47 Å². The molecule has 1 aromatic carbocycles. The molecule has 0 saturated heterocycles. The number of thiophene rings is 1. The SMILES string of the molecule is COc1cccc(CN2C(=O)c3cc4sccc4n3C[C@]2(C)C(=O)N[C@H]2CCCC[C@@H]2C)c1OC. The largest absolute Gasteiger partial charge is 0.493 e. The summed E-state index contributed by atoms with van der Waals surface area (Å²) in [5.41, 5.74) is 1.35. The molecule has 2 aromatic heterocycles. The molecule has 1 fully saturated rings. The summed E-state index contributed by atoms with van der Waals surface area (Å²) in [5, 5.41) is 5.36. The van der Waals surface area contributed by atoms with Crippen LogP contribution in [0.2, 0.25) is 0 Å². The van der Waals surface area contributed by atoms with Crippen LogP contribution in [0.4, 0.5) is 0 Å². The Bertz CT molecular complexity index is 1260. The average molecular weight is 496 g/mol. The van der Waals surface area contributed by atoms with E-state index in [0.717, 1.165) is 35.0 Å². The Balaban J connectivity index is 1.56. The molecular formula is C27H33N3O4S. The van der Waals surface area contributed by atoms with Crippen LogP contribution in [0.1, 0.15) is 55.6 Å². The van der Waals surface area contributed by atoms with Crippen LogP contribution in [0, 0.1) is 5.92 Å². The van der Waals surface area contributed by atoms with Crippen LogP contribution in [0.3, 0.4) is 0 Å². The van der Waals surface area contributed by atoms with Gasteiger partial charge in [0.2, 0.25) is 5.91 Å². The van der Waals surface area contributed by atoms with Crippen molar-refractivity contribution in [3.8, 4) is 11.5 Å². The van der Waals surface area contributed by atoms with E-state index in [1.54, 1.807) is 30.5 Å². The van der Waals surface area contributed by atoms with Crippen molar-refractivity contribution in [3.05, 3.63) is 47.0 Å². The highest BCUT2D eigenvalue weighted by molar-refractivity contribution is 7.17. The van der Waals surface area contributed by atoms with Crippen LogP contribution in [-0.2, 0) is 17.9 Å². The van der Waals surface area contributed by atoms with Gasteiger partial charge >= 0.3 is 0 Å². The Morgan fingerprint density at radius 1 is 1.20 bits per heavy atom. The van der Waals surface area contributed by atoms with Gasteiger partial charge in [0, 0.05) is 11.6 Å². The van der Waals surface area contributed by atoms with Crippen molar-refractivity contribution in [2.75, 3.05) is 14.2 Å². The van der Waals surface area contributed by atoms with Crippen LogP contribution in [0.25, 0.3) is 10.2 Å². The van der Waals surface area contributed by atoms with E-state index in [1.165, 1.54) is 6.42 Å². The number of hydrogen-bond acceptors (Lipinski definition) is 5. The van der Waals surface area contributed by atoms with Crippen LogP contribution in [-0.4, -0.2) is 47.1 Å². The Morgan fingerprint density at radius 3 is 2.74 bits per heavy atom. The zero-order valence-corrected chi connectivity index (χ0v) is 21.6. The molecule has 3 aromatic rings. The number of rotatable bonds is 6. The quantitative estimate of drug-likeness (QED) is 0.532. The summed E-state index contributed by atoms with van der Waals surface area (Å²) in [4.78, 5) is 29.7. The summed E-state index contributed by atoms with van der Waals surface area (Å²) in [5.74, 6) is 1.34. The van der Waals surface area contributed by atoms with E-state index >= 15 is 0 Å². The van der Waals surface area contributed by atoms with Gasteiger partial charge in [0.25, 0.3) is 5.91 Å². The monoisotopic (exact) mass is 495 g/mol. The maximum absolute atomic E-state index is 14.0. The van der Waals surface area contributed by atoms with Gasteiger partial charge in [0.05, 0.1) is 37.5 Å². The molecule has 186 valence electrons. The van der Waals surface area contributed by atoms with E-state index in [0.29, 0.717) is 29.7 Å². The normalized spacial score (nSPS) is 24.3. The smallest absolute Gasteiger partial charge is 0.271 e. The molecule has 35 heavy (non-hydrogen) atoms. The molecule has 1 saturated carbocycles. The lowest BCUT2D eigenvalue weighted by atomic mass is 9.85. The van der Waals surface area contributed by atoms with Crippen molar-refractivity contribution < 1.29 is 19.1 Å². The van der Waals surface area contributed by atoms with Crippen molar-refractivity contribution >= 4 is 33.4 Å². The number of methoxy groups -OCH3 is 2. The second kappa shape index (κ2) is 9.22. The predicted molar refractivity (Wildman–Crippen MR) is 137 cm³/mol. The minimum Gasteiger partial charge on any atom is -0.493 e. The van der Waals surface area contributed by atoms with E-state index in [1.807, 2.05) is 47.2 Å². The molecule has 0 unspecified atom stereocenters. The second-order valence-corrected chi connectivity index (χ2v) is 10.9. The fourth-order valence-corrected chi connectivity index (χ4v) is 6.45. The first-order chi connectivity index (χ1) is 16.9. The number of carbonyl (C=O) groups excluding carboxylic acids is 2. The highest BCUT2D eigenvalue weighted by Gasteiger charge is 2.48. The highest BCUT2D eigenvalue weighted by Crippen LogP contribution is 2.38. The van der Waals surface area contributed by atoms with Gasteiger partial charge in [0.1, 0.15) is 11.2 Å². The van der Waals surface area contributed by atoms with Crippen molar-refractivity contribution in [2.24, 2.45) is 5.92 Å². The number of fused-ring (bicyclic) bond motifs is 3. The number of nitrogens with zero attached hydrogens (tertiary/aromatic N) is 2. The molecular weight excluding hydrogens is 462 g/mol. The fourth-order valence-electron chi connectivity index (χ4n) is 5.62. The molecule has 1 N–H and O–H groups in total. The topological polar surface area (TPSA) is 72.8 Å². The molecule has 3 heterocycles. The number of para-hydroxylation sites is 1. The number of carbonyl (C=O) groups is 2. The predicted octanol–water partition coefficient (Wildman–Crippen LogP) is 4.83. The van der Waals surface area contributed by atoms with Gasteiger partial charge in [-0.25, -0.2) is 0 Å². The van der Waals surface area contributed by atoms with E-state index in [2.05, 4.69) is 12.2 Å². The molecule has 2 aliphatic rings. The van der Waals surface area contributed by atoms with Crippen LogP contribution in [0.5, 0.6) is 11.5 Å². The lowest BCUT2D eigenvalue weighted by Gasteiger charge is -2.45. The standard InChI is InChI=1S/C27H33N3O4S/c1-17-8-5-6-10-19(17)28-26(32)27(2)16-29-20-12-13-35-23(20)14-21(29)25(31)30(27)15-18-9-7-11-22(33-3)24(18)34-4/h7,9,11-14,17,19H,5-6,8,10,15-16H2,1-4H3,(H,28,32)/t17-,19-,27+/m0/s1. The number of aromatic nitrogens is 1. The first kappa shape index (κ1) is 23.7. The Hall–Kier alpha value is -3.00. The summed E-state index contributed by atoms with van der Waals surface area (Å²) in [7, 11) is 3.19. The van der Waals surface area contributed by atoms with Gasteiger partial charge < -0.3 is 24.3 Å². The fraction of sp³-hybridized carbons (Fsp3) is 0.481. The van der Waals surface area contributed by atoms with Gasteiger partial charge in [0.15, 0.2) is 11.5 Å². The maximum atomic E-state index is 14.0. The van der Waals surface area contributed by atoms with E-state index < -0.39 is 5.54 Å². The van der Waals surface area contributed by atoms with Crippen LogP contribution in [0.15, 0.2) is 35.7 Å². The zero-order valence-electron chi connectivity index (χ0n) is 20.8. The zero-order chi connectivity index (χ0) is 24.7. The van der Waals surface area contributed by atoms with Gasteiger partial charge in [-0.1, -0.05) is 31.9 Å². The minimum atomic E-state index is -1.07. The molecule has 5 rings (SSSR count). The van der Waals surface area contributed by atoms with Gasteiger partial charge in [-0.15, -0.1) is 11.3 Å². The molecule has 0 bridgehead atoms. The van der Waals surface area contributed by atoms with Gasteiger partial charge in [-0.2, -0.15) is 0 Å². The molecule has 2 amide bonds. The molecule has 1 aliphatic carbocycles. The summed E-state index contributed by atoms with van der Waals surface area (Å²) in [6, 6.07) is 9.73. The third-order valence-corrected chi connectivity index (χ3v) is 8.63. The number of benzene rings is 1. The summed E-state index contributed by atoms with van der Waals surface area (Å²) in [6.07, 6.45) is 4.41. The highest BCUT2D eigenvalue weighted by atomic mass is 32.1. The van der Waals surface area contributed by atoms with Crippen LogP contribution < -0.4 is 14.8 Å². The van der Waals surface area contributed by atoms with Gasteiger partial charge in [-0.05, 0) is 49.3 Å². The summed E-state index contributed by atoms with van der Waals surface area (Å²) in [6.45, 7) is 4.73. The van der Waals surface area contributed by atoms with Crippen LogP contribution >= 0.6 is 11.3 Å². The van der Waals surface area contributed by atoms with E-state index in [9.17, 15) is 9.59 Å².